The molecule has 1 rings (SSSR count). The Labute approximate surface area is 79.4 Å². The summed E-state index contributed by atoms with van der Waals surface area (Å²) in [5.74, 6) is -0.450. The molecule has 0 spiro atoms. The SMILES string of the molecule is CCCC1(CCC=O)OCCCO1. The lowest BCUT2D eigenvalue weighted by Gasteiger charge is -2.36. The molecule has 0 saturated carbocycles. The second-order valence-electron chi connectivity index (χ2n) is 3.42. The Morgan fingerprint density at radius 3 is 2.54 bits per heavy atom. The van der Waals surface area contributed by atoms with E-state index in [1.807, 2.05) is 0 Å². The molecule has 0 aromatic carbocycles. The summed E-state index contributed by atoms with van der Waals surface area (Å²) in [5, 5.41) is 0. The molecular weight excluding hydrogens is 168 g/mol. The summed E-state index contributed by atoms with van der Waals surface area (Å²) in [5.41, 5.74) is 0. The fraction of sp³-hybridized carbons (Fsp3) is 0.900. The lowest BCUT2D eigenvalue weighted by atomic mass is 10.0. The van der Waals surface area contributed by atoms with Crippen LogP contribution in [0.5, 0.6) is 0 Å². The van der Waals surface area contributed by atoms with Gasteiger partial charge in [-0.25, -0.2) is 0 Å². The van der Waals surface area contributed by atoms with E-state index in [1.54, 1.807) is 0 Å². The first-order valence-corrected chi connectivity index (χ1v) is 5.04. The van der Waals surface area contributed by atoms with Gasteiger partial charge in [-0.15, -0.1) is 0 Å². The number of hydrogen-bond acceptors (Lipinski definition) is 3. The van der Waals surface area contributed by atoms with Crippen LogP contribution in [-0.2, 0) is 14.3 Å². The Kier molecular flexibility index (Phi) is 4.39. The smallest absolute Gasteiger partial charge is 0.168 e. The topological polar surface area (TPSA) is 35.5 Å². The molecule has 0 radical (unpaired) electrons. The van der Waals surface area contributed by atoms with Crippen LogP contribution >= 0.6 is 0 Å². The minimum atomic E-state index is -0.450. The van der Waals surface area contributed by atoms with Crippen LogP contribution in [0.1, 0.15) is 39.0 Å². The maximum Gasteiger partial charge on any atom is 0.168 e. The minimum absolute atomic E-state index is 0.450. The first-order valence-electron chi connectivity index (χ1n) is 5.04. The molecule has 1 saturated heterocycles. The van der Waals surface area contributed by atoms with Crippen LogP contribution in [0, 0.1) is 0 Å². The van der Waals surface area contributed by atoms with Crippen molar-refractivity contribution in [1.82, 2.24) is 0 Å². The largest absolute Gasteiger partial charge is 0.350 e. The zero-order valence-corrected chi connectivity index (χ0v) is 8.25. The van der Waals surface area contributed by atoms with Crippen LogP contribution in [0.3, 0.4) is 0 Å². The molecule has 0 aromatic heterocycles. The molecule has 13 heavy (non-hydrogen) atoms. The Bertz CT molecular complexity index is 145. The van der Waals surface area contributed by atoms with Gasteiger partial charge in [0.2, 0.25) is 0 Å². The Morgan fingerprint density at radius 1 is 1.31 bits per heavy atom. The van der Waals surface area contributed by atoms with Gasteiger partial charge in [-0.05, 0) is 6.42 Å². The van der Waals surface area contributed by atoms with Gasteiger partial charge in [0, 0.05) is 19.3 Å². The quantitative estimate of drug-likeness (QED) is 0.615. The van der Waals surface area contributed by atoms with Crippen LogP contribution in [0.4, 0.5) is 0 Å². The van der Waals surface area contributed by atoms with Gasteiger partial charge in [0.1, 0.15) is 6.29 Å². The molecule has 1 fully saturated rings. The maximum absolute atomic E-state index is 10.3. The summed E-state index contributed by atoms with van der Waals surface area (Å²) in [6.45, 7) is 3.63. The van der Waals surface area contributed by atoms with Crippen LogP contribution in [-0.4, -0.2) is 25.3 Å². The number of carbonyl (C=O) groups is 1. The third-order valence-corrected chi connectivity index (χ3v) is 2.29. The molecule has 0 amide bonds. The van der Waals surface area contributed by atoms with Crippen molar-refractivity contribution in [2.45, 2.75) is 44.8 Å². The highest BCUT2D eigenvalue weighted by atomic mass is 16.7. The van der Waals surface area contributed by atoms with Crippen molar-refractivity contribution in [2.75, 3.05) is 13.2 Å². The predicted molar refractivity (Wildman–Crippen MR) is 49.5 cm³/mol. The van der Waals surface area contributed by atoms with Crippen molar-refractivity contribution in [3.05, 3.63) is 0 Å². The molecular formula is C10H18O3. The predicted octanol–water partition coefficient (Wildman–Crippen LogP) is 1.90. The standard InChI is InChI=1S/C10H18O3/c1-2-5-10(6-3-7-11)12-8-4-9-13-10/h7H,2-6,8-9H2,1H3. The third kappa shape index (κ3) is 3.08. The van der Waals surface area contributed by atoms with E-state index in [0.717, 1.165) is 38.8 Å². The van der Waals surface area contributed by atoms with Crippen molar-refractivity contribution in [1.29, 1.82) is 0 Å². The van der Waals surface area contributed by atoms with Gasteiger partial charge in [0.05, 0.1) is 13.2 Å². The number of aldehydes is 1. The lowest BCUT2D eigenvalue weighted by Crippen LogP contribution is -2.40. The van der Waals surface area contributed by atoms with Crippen molar-refractivity contribution >= 4 is 6.29 Å². The van der Waals surface area contributed by atoms with Crippen LogP contribution in [0.2, 0.25) is 0 Å². The summed E-state index contributed by atoms with van der Waals surface area (Å²) in [6, 6.07) is 0. The van der Waals surface area contributed by atoms with Crippen LogP contribution in [0.25, 0.3) is 0 Å². The van der Waals surface area contributed by atoms with E-state index in [1.165, 1.54) is 0 Å². The minimum Gasteiger partial charge on any atom is -0.350 e. The summed E-state index contributed by atoms with van der Waals surface area (Å²) < 4.78 is 11.3. The van der Waals surface area contributed by atoms with E-state index < -0.39 is 5.79 Å². The fourth-order valence-electron chi connectivity index (χ4n) is 1.69. The summed E-state index contributed by atoms with van der Waals surface area (Å²) in [6.07, 6.45) is 5.04. The monoisotopic (exact) mass is 186 g/mol. The molecule has 1 heterocycles. The summed E-state index contributed by atoms with van der Waals surface area (Å²) in [7, 11) is 0. The molecule has 0 N–H and O–H groups in total. The lowest BCUT2D eigenvalue weighted by molar-refractivity contribution is -0.273. The van der Waals surface area contributed by atoms with Gasteiger partial charge >= 0.3 is 0 Å². The molecule has 76 valence electrons. The van der Waals surface area contributed by atoms with Crippen molar-refractivity contribution < 1.29 is 14.3 Å². The number of hydrogen-bond donors (Lipinski definition) is 0. The molecule has 1 aliphatic heterocycles. The molecule has 0 aliphatic carbocycles. The number of carbonyl (C=O) groups excluding carboxylic acids is 1. The maximum atomic E-state index is 10.3. The summed E-state index contributed by atoms with van der Waals surface area (Å²) >= 11 is 0. The summed E-state index contributed by atoms with van der Waals surface area (Å²) in [4.78, 5) is 10.3. The van der Waals surface area contributed by atoms with E-state index in [0.29, 0.717) is 12.8 Å². The molecule has 3 nitrogen and oxygen atoms in total. The van der Waals surface area contributed by atoms with Crippen molar-refractivity contribution in [2.24, 2.45) is 0 Å². The van der Waals surface area contributed by atoms with Crippen molar-refractivity contribution in [3.8, 4) is 0 Å². The molecule has 3 heteroatoms. The average Bonchev–Trinajstić information content (AvgIpc) is 2.17. The molecule has 0 atom stereocenters. The van der Waals surface area contributed by atoms with Gasteiger partial charge < -0.3 is 14.3 Å². The van der Waals surface area contributed by atoms with Crippen LogP contribution in [0.15, 0.2) is 0 Å². The Morgan fingerprint density at radius 2 is 2.00 bits per heavy atom. The second-order valence-corrected chi connectivity index (χ2v) is 3.42. The zero-order valence-electron chi connectivity index (χ0n) is 8.25. The van der Waals surface area contributed by atoms with Gasteiger partial charge in [-0.2, -0.15) is 0 Å². The number of ether oxygens (including phenoxy) is 2. The average molecular weight is 186 g/mol. The Hall–Kier alpha value is -0.410. The van der Waals surface area contributed by atoms with Gasteiger partial charge in [-0.3, -0.25) is 0 Å². The van der Waals surface area contributed by atoms with E-state index in [4.69, 9.17) is 9.47 Å². The van der Waals surface area contributed by atoms with Gasteiger partial charge in [0.25, 0.3) is 0 Å². The highest BCUT2D eigenvalue weighted by Gasteiger charge is 2.32. The molecule has 0 aromatic rings. The van der Waals surface area contributed by atoms with E-state index >= 15 is 0 Å². The van der Waals surface area contributed by atoms with E-state index in [-0.39, 0.29) is 0 Å². The second kappa shape index (κ2) is 5.35. The van der Waals surface area contributed by atoms with Gasteiger partial charge in [0.15, 0.2) is 5.79 Å². The molecule has 1 aliphatic rings. The first kappa shape index (κ1) is 10.7. The normalized spacial score (nSPS) is 21.3. The van der Waals surface area contributed by atoms with Crippen LogP contribution < -0.4 is 0 Å². The highest BCUT2D eigenvalue weighted by molar-refractivity contribution is 5.49. The fourth-order valence-corrected chi connectivity index (χ4v) is 1.69. The highest BCUT2D eigenvalue weighted by Crippen LogP contribution is 2.28. The van der Waals surface area contributed by atoms with Crippen molar-refractivity contribution in [3.63, 3.8) is 0 Å². The third-order valence-electron chi connectivity index (χ3n) is 2.29. The Balaban J connectivity index is 2.44. The zero-order chi connectivity index (χ0) is 9.57. The first-order chi connectivity index (χ1) is 6.33. The van der Waals surface area contributed by atoms with E-state index in [9.17, 15) is 4.79 Å². The van der Waals surface area contributed by atoms with Gasteiger partial charge in [-0.1, -0.05) is 13.3 Å². The molecule has 0 unspecified atom stereocenters. The van der Waals surface area contributed by atoms with E-state index in [2.05, 4.69) is 6.92 Å². The molecule has 0 bridgehead atoms. The number of rotatable bonds is 5.